The number of nitrogens with zero attached hydrogens (tertiary/aromatic N) is 1. The van der Waals surface area contributed by atoms with E-state index in [0.717, 1.165) is 5.56 Å². The van der Waals surface area contributed by atoms with Gasteiger partial charge in [-0.15, -0.1) is 0 Å². The number of halogens is 3. The van der Waals surface area contributed by atoms with Gasteiger partial charge in [-0.05, 0) is 54.4 Å². The zero-order valence-corrected chi connectivity index (χ0v) is 17.3. The first kappa shape index (κ1) is 21.2. The fraction of sp³-hybridized carbons (Fsp3) is 0.143. The SMILES string of the molecule is O=C(O)c1ccc(CCn2c(COc3ccc(Cl)cc3)c(Cl)cc(Cl)c2=O)cc1. The molecule has 1 heterocycles. The molecule has 0 aliphatic heterocycles. The quantitative estimate of drug-likeness (QED) is 0.526. The van der Waals surface area contributed by atoms with E-state index in [0.29, 0.717) is 34.5 Å². The molecule has 0 aliphatic rings. The molecule has 0 aliphatic carbocycles. The van der Waals surface area contributed by atoms with E-state index in [9.17, 15) is 9.59 Å². The topological polar surface area (TPSA) is 68.5 Å². The molecule has 0 fully saturated rings. The van der Waals surface area contributed by atoms with Crippen LogP contribution < -0.4 is 10.3 Å². The van der Waals surface area contributed by atoms with Crippen LogP contribution in [0, 0.1) is 0 Å². The molecule has 2 aromatic carbocycles. The molecule has 0 bridgehead atoms. The molecule has 1 N–H and O–H groups in total. The summed E-state index contributed by atoms with van der Waals surface area (Å²) in [4.78, 5) is 23.6. The first-order valence-corrected chi connectivity index (χ1v) is 9.77. The fourth-order valence-electron chi connectivity index (χ4n) is 2.76. The zero-order chi connectivity index (χ0) is 21.0. The summed E-state index contributed by atoms with van der Waals surface area (Å²) in [5.41, 5.74) is 1.21. The summed E-state index contributed by atoms with van der Waals surface area (Å²) < 4.78 is 7.22. The van der Waals surface area contributed by atoms with Crippen LogP contribution in [-0.4, -0.2) is 15.6 Å². The summed E-state index contributed by atoms with van der Waals surface area (Å²) in [7, 11) is 0. The number of hydrogen-bond donors (Lipinski definition) is 1. The molecule has 0 saturated carbocycles. The number of aryl methyl sites for hydroxylation is 1. The highest BCUT2D eigenvalue weighted by Crippen LogP contribution is 2.22. The van der Waals surface area contributed by atoms with Crippen molar-refractivity contribution in [2.75, 3.05) is 0 Å². The Kier molecular flexibility index (Phi) is 6.85. The van der Waals surface area contributed by atoms with Gasteiger partial charge in [-0.3, -0.25) is 4.79 Å². The van der Waals surface area contributed by atoms with Crippen LogP contribution >= 0.6 is 34.8 Å². The van der Waals surface area contributed by atoms with Gasteiger partial charge in [0.1, 0.15) is 17.4 Å². The molecule has 3 rings (SSSR count). The van der Waals surface area contributed by atoms with Crippen molar-refractivity contribution < 1.29 is 14.6 Å². The van der Waals surface area contributed by atoms with Gasteiger partial charge >= 0.3 is 5.97 Å². The van der Waals surface area contributed by atoms with Gasteiger partial charge in [0.05, 0.1) is 16.3 Å². The Morgan fingerprint density at radius 2 is 1.62 bits per heavy atom. The molecule has 3 aromatic rings. The minimum Gasteiger partial charge on any atom is -0.487 e. The largest absolute Gasteiger partial charge is 0.487 e. The first-order valence-electron chi connectivity index (χ1n) is 8.63. The van der Waals surface area contributed by atoms with Gasteiger partial charge in [0.15, 0.2) is 0 Å². The first-order chi connectivity index (χ1) is 13.8. The summed E-state index contributed by atoms with van der Waals surface area (Å²) in [6, 6.07) is 14.7. The van der Waals surface area contributed by atoms with Gasteiger partial charge < -0.3 is 14.4 Å². The summed E-state index contributed by atoms with van der Waals surface area (Å²) >= 11 is 18.2. The standard InChI is InChI=1S/C21H16Cl3NO4/c22-15-5-7-16(8-6-15)29-12-19-17(23)11-18(24)20(26)25(19)10-9-13-1-3-14(4-2-13)21(27)28/h1-8,11H,9-10,12H2,(H,27,28). The third-order valence-corrected chi connectivity index (χ3v) is 5.17. The molecular formula is C21H16Cl3NO4. The molecule has 5 nitrogen and oxygen atoms in total. The van der Waals surface area contributed by atoms with Gasteiger partial charge in [0.25, 0.3) is 5.56 Å². The van der Waals surface area contributed by atoms with Crippen LogP contribution in [0.25, 0.3) is 0 Å². The van der Waals surface area contributed by atoms with Crippen molar-refractivity contribution >= 4 is 40.8 Å². The predicted octanol–water partition coefficient (Wildman–Crippen LogP) is 5.33. The van der Waals surface area contributed by atoms with Crippen LogP contribution in [0.5, 0.6) is 5.75 Å². The van der Waals surface area contributed by atoms with Crippen molar-refractivity contribution in [1.82, 2.24) is 4.57 Å². The maximum Gasteiger partial charge on any atom is 0.335 e. The number of aromatic nitrogens is 1. The van der Waals surface area contributed by atoms with Gasteiger partial charge in [-0.25, -0.2) is 4.79 Å². The highest BCUT2D eigenvalue weighted by atomic mass is 35.5. The number of hydrogen-bond acceptors (Lipinski definition) is 3. The molecule has 0 amide bonds. The third-order valence-electron chi connectivity index (χ3n) is 4.32. The average molecular weight is 453 g/mol. The Morgan fingerprint density at radius 3 is 2.24 bits per heavy atom. The van der Waals surface area contributed by atoms with Crippen LogP contribution in [-0.2, 0) is 19.6 Å². The highest BCUT2D eigenvalue weighted by Gasteiger charge is 2.14. The van der Waals surface area contributed by atoms with E-state index in [2.05, 4.69) is 0 Å². The summed E-state index contributed by atoms with van der Waals surface area (Å²) in [6.45, 7) is 0.385. The lowest BCUT2D eigenvalue weighted by Gasteiger charge is -2.16. The Morgan fingerprint density at radius 1 is 0.966 bits per heavy atom. The molecule has 1 aromatic heterocycles. The van der Waals surface area contributed by atoms with E-state index >= 15 is 0 Å². The summed E-state index contributed by atoms with van der Waals surface area (Å²) in [6.07, 6.45) is 0.490. The number of ether oxygens (including phenoxy) is 1. The maximum absolute atomic E-state index is 12.6. The van der Waals surface area contributed by atoms with Crippen LogP contribution in [0.4, 0.5) is 0 Å². The van der Waals surface area contributed by atoms with E-state index in [-0.39, 0.29) is 22.8 Å². The van der Waals surface area contributed by atoms with Crippen LogP contribution in [0.15, 0.2) is 59.4 Å². The Bertz CT molecular complexity index is 1080. The van der Waals surface area contributed by atoms with Crippen molar-refractivity contribution in [2.24, 2.45) is 0 Å². The van der Waals surface area contributed by atoms with Crippen molar-refractivity contribution in [1.29, 1.82) is 0 Å². The smallest absolute Gasteiger partial charge is 0.335 e. The number of aromatic carboxylic acids is 1. The van der Waals surface area contributed by atoms with E-state index < -0.39 is 5.97 Å². The van der Waals surface area contributed by atoms with Gasteiger partial charge in [0.2, 0.25) is 0 Å². The third kappa shape index (κ3) is 5.32. The Hall–Kier alpha value is -2.47. The lowest BCUT2D eigenvalue weighted by molar-refractivity contribution is 0.0697. The molecule has 0 unspecified atom stereocenters. The molecule has 0 atom stereocenters. The second-order valence-electron chi connectivity index (χ2n) is 6.24. The van der Waals surface area contributed by atoms with Crippen molar-refractivity contribution in [3.63, 3.8) is 0 Å². The molecule has 0 spiro atoms. The summed E-state index contributed by atoms with van der Waals surface area (Å²) in [5.74, 6) is -0.403. The fourth-order valence-corrected chi connectivity index (χ4v) is 3.42. The summed E-state index contributed by atoms with van der Waals surface area (Å²) in [5, 5.41) is 9.92. The lowest BCUT2D eigenvalue weighted by atomic mass is 10.1. The van der Waals surface area contributed by atoms with Crippen LogP contribution in [0.1, 0.15) is 21.6 Å². The second-order valence-corrected chi connectivity index (χ2v) is 7.49. The minimum absolute atomic E-state index is 0.0199. The zero-order valence-electron chi connectivity index (χ0n) is 15.1. The molecule has 0 radical (unpaired) electrons. The number of rotatable bonds is 7. The lowest BCUT2D eigenvalue weighted by Crippen LogP contribution is -2.26. The second kappa shape index (κ2) is 9.35. The number of carboxylic acid groups (broad SMARTS) is 1. The van der Waals surface area contributed by atoms with Crippen molar-refractivity contribution in [3.05, 3.63) is 96.8 Å². The monoisotopic (exact) mass is 451 g/mol. The maximum atomic E-state index is 12.6. The molecule has 150 valence electrons. The number of benzene rings is 2. The number of pyridine rings is 1. The molecule has 8 heteroatoms. The molecular weight excluding hydrogens is 437 g/mol. The normalized spacial score (nSPS) is 10.7. The van der Waals surface area contributed by atoms with Gasteiger partial charge in [-0.1, -0.05) is 46.9 Å². The van der Waals surface area contributed by atoms with Gasteiger partial charge in [0, 0.05) is 11.6 Å². The predicted molar refractivity (Wildman–Crippen MR) is 114 cm³/mol. The number of carboxylic acids is 1. The minimum atomic E-state index is -0.990. The molecule has 29 heavy (non-hydrogen) atoms. The van der Waals surface area contributed by atoms with E-state index in [4.69, 9.17) is 44.6 Å². The van der Waals surface area contributed by atoms with E-state index in [1.807, 2.05) is 0 Å². The van der Waals surface area contributed by atoms with E-state index in [1.54, 1.807) is 36.4 Å². The van der Waals surface area contributed by atoms with Crippen molar-refractivity contribution in [2.45, 2.75) is 19.6 Å². The van der Waals surface area contributed by atoms with Gasteiger partial charge in [-0.2, -0.15) is 0 Å². The average Bonchev–Trinajstić information content (AvgIpc) is 2.70. The van der Waals surface area contributed by atoms with Crippen LogP contribution in [0.3, 0.4) is 0 Å². The van der Waals surface area contributed by atoms with Crippen molar-refractivity contribution in [3.8, 4) is 5.75 Å². The number of carbonyl (C=O) groups is 1. The molecule has 0 saturated heterocycles. The van der Waals surface area contributed by atoms with Crippen LogP contribution in [0.2, 0.25) is 15.1 Å². The Labute approximate surface area is 182 Å². The Balaban J connectivity index is 1.81. The highest BCUT2D eigenvalue weighted by molar-refractivity contribution is 6.34. The van der Waals surface area contributed by atoms with E-state index in [1.165, 1.54) is 22.8 Å².